The number of nitrogens with one attached hydrogen (secondary N) is 1. The van der Waals surface area contributed by atoms with Crippen molar-refractivity contribution < 1.29 is 17.2 Å². The maximum atomic E-state index is 13.6. The predicted molar refractivity (Wildman–Crippen MR) is 77.5 cm³/mol. The molecule has 3 N–H and O–H groups in total. The average molecular weight is 312 g/mol. The third kappa shape index (κ3) is 3.13. The number of nitrogens with two attached hydrogens (primary N) is 1. The van der Waals surface area contributed by atoms with Crippen molar-refractivity contribution in [1.82, 2.24) is 0 Å². The summed E-state index contributed by atoms with van der Waals surface area (Å²) in [5.41, 5.74) is 6.10. The molecule has 0 radical (unpaired) electrons. The highest BCUT2D eigenvalue weighted by Gasteiger charge is 2.20. The standard InChI is InChI=1S/C14H14F2N2O2S/c1-8-5-10(15)3-4-13(8)18-21(19,20)14-7-11(17)6-12(16)9(14)2/h3-7,18H,17H2,1-2H3. The van der Waals surface area contributed by atoms with Crippen LogP contribution in [-0.4, -0.2) is 8.42 Å². The molecular formula is C14H14F2N2O2S. The van der Waals surface area contributed by atoms with Crippen LogP contribution in [0.2, 0.25) is 0 Å². The molecule has 0 aliphatic carbocycles. The Labute approximate surface area is 121 Å². The first-order valence-corrected chi connectivity index (χ1v) is 7.53. The van der Waals surface area contributed by atoms with E-state index in [4.69, 9.17) is 5.73 Å². The van der Waals surface area contributed by atoms with E-state index in [1.165, 1.54) is 25.1 Å². The molecule has 4 nitrogen and oxygen atoms in total. The molecule has 0 saturated carbocycles. The van der Waals surface area contributed by atoms with Crippen molar-refractivity contribution in [3.05, 3.63) is 53.1 Å². The molecule has 0 atom stereocenters. The van der Waals surface area contributed by atoms with Crippen LogP contribution in [0.5, 0.6) is 0 Å². The monoisotopic (exact) mass is 312 g/mol. The average Bonchev–Trinajstić information content (AvgIpc) is 2.37. The summed E-state index contributed by atoms with van der Waals surface area (Å²) in [5, 5.41) is 0. The van der Waals surface area contributed by atoms with E-state index in [0.717, 1.165) is 12.1 Å². The predicted octanol–water partition coefficient (Wildman–Crippen LogP) is 2.96. The molecule has 0 saturated heterocycles. The summed E-state index contributed by atoms with van der Waals surface area (Å²) in [5.74, 6) is -1.17. The fourth-order valence-corrected chi connectivity index (χ4v) is 3.31. The van der Waals surface area contributed by atoms with E-state index in [2.05, 4.69) is 4.72 Å². The molecule has 0 heterocycles. The highest BCUT2D eigenvalue weighted by molar-refractivity contribution is 7.92. The lowest BCUT2D eigenvalue weighted by molar-refractivity contribution is 0.591. The van der Waals surface area contributed by atoms with Crippen LogP contribution >= 0.6 is 0 Å². The zero-order chi connectivity index (χ0) is 15.8. The van der Waals surface area contributed by atoms with Crippen LogP contribution in [0.15, 0.2) is 35.2 Å². The zero-order valence-electron chi connectivity index (χ0n) is 11.4. The Morgan fingerprint density at radius 1 is 1.10 bits per heavy atom. The van der Waals surface area contributed by atoms with E-state index in [1.807, 2.05) is 0 Å². The van der Waals surface area contributed by atoms with Crippen molar-refractivity contribution in [1.29, 1.82) is 0 Å². The van der Waals surface area contributed by atoms with Gasteiger partial charge in [0.15, 0.2) is 0 Å². The summed E-state index contributed by atoms with van der Waals surface area (Å²) >= 11 is 0. The van der Waals surface area contributed by atoms with E-state index >= 15 is 0 Å². The van der Waals surface area contributed by atoms with E-state index in [-0.39, 0.29) is 21.8 Å². The largest absolute Gasteiger partial charge is 0.399 e. The fraction of sp³-hybridized carbons (Fsp3) is 0.143. The van der Waals surface area contributed by atoms with Crippen LogP contribution < -0.4 is 10.5 Å². The third-order valence-corrected chi connectivity index (χ3v) is 4.53. The zero-order valence-corrected chi connectivity index (χ0v) is 12.3. The summed E-state index contributed by atoms with van der Waals surface area (Å²) in [7, 11) is -4.02. The van der Waals surface area contributed by atoms with Crippen molar-refractivity contribution in [3.63, 3.8) is 0 Å². The van der Waals surface area contributed by atoms with Gasteiger partial charge in [0.05, 0.1) is 10.6 Å². The Hall–Kier alpha value is -2.15. The highest BCUT2D eigenvalue weighted by atomic mass is 32.2. The highest BCUT2D eigenvalue weighted by Crippen LogP contribution is 2.25. The molecule has 0 aromatic heterocycles. The van der Waals surface area contributed by atoms with Gasteiger partial charge in [0.2, 0.25) is 0 Å². The van der Waals surface area contributed by atoms with E-state index < -0.39 is 21.7 Å². The molecule has 112 valence electrons. The van der Waals surface area contributed by atoms with Gasteiger partial charge in [-0.1, -0.05) is 0 Å². The number of nitrogen functional groups attached to an aromatic ring is 1. The second kappa shape index (κ2) is 5.33. The maximum Gasteiger partial charge on any atom is 0.262 e. The fourth-order valence-electron chi connectivity index (χ4n) is 1.89. The van der Waals surface area contributed by atoms with Gasteiger partial charge in [-0.3, -0.25) is 4.72 Å². The number of hydrogen-bond donors (Lipinski definition) is 2. The second-order valence-electron chi connectivity index (χ2n) is 4.69. The third-order valence-electron chi connectivity index (χ3n) is 3.04. The number of anilines is 2. The first kappa shape index (κ1) is 15.2. The summed E-state index contributed by atoms with van der Waals surface area (Å²) in [6.07, 6.45) is 0. The molecule has 0 bridgehead atoms. The van der Waals surface area contributed by atoms with E-state index in [0.29, 0.717) is 5.56 Å². The molecule has 2 aromatic carbocycles. The first-order chi connectivity index (χ1) is 9.70. The molecular weight excluding hydrogens is 298 g/mol. The number of rotatable bonds is 3. The van der Waals surface area contributed by atoms with Crippen LogP contribution in [0.25, 0.3) is 0 Å². The Bertz CT molecular complexity index is 805. The molecule has 0 aliphatic rings. The Morgan fingerprint density at radius 2 is 1.76 bits per heavy atom. The molecule has 7 heteroatoms. The van der Waals surface area contributed by atoms with Gasteiger partial charge in [0, 0.05) is 11.3 Å². The Morgan fingerprint density at radius 3 is 2.38 bits per heavy atom. The minimum atomic E-state index is -4.02. The van der Waals surface area contributed by atoms with Crippen molar-refractivity contribution in [2.75, 3.05) is 10.5 Å². The molecule has 0 spiro atoms. The molecule has 2 aromatic rings. The normalized spacial score (nSPS) is 11.4. The van der Waals surface area contributed by atoms with Crippen molar-refractivity contribution in [2.45, 2.75) is 18.7 Å². The molecule has 0 unspecified atom stereocenters. The molecule has 0 amide bonds. The maximum absolute atomic E-state index is 13.6. The van der Waals surface area contributed by atoms with E-state index in [1.54, 1.807) is 6.92 Å². The van der Waals surface area contributed by atoms with Gasteiger partial charge in [-0.2, -0.15) is 0 Å². The van der Waals surface area contributed by atoms with Crippen molar-refractivity contribution in [2.24, 2.45) is 0 Å². The minimum Gasteiger partial charge on any atom is -0.399 e. The van der Waals surface area contributed by atoms with Crippen molar-refractivity contribution >= 4 is 21.4 Å². The SMILES string of the molecule is Cc1cc(F)ccc1NS(=O)(=O)c1cc(N)cc(F)c1C. The number of benzene rings is 2. The first-order valence-electron chi connectivity index (χ1n) is 6.05. The quantitative estimate of drug-likeness (QED) is 0.856. The number of halogens is 2. The molecule has 0 aliphatic heterocycles. The summed E-state index contributed by atoms with van der Waals surface area (Å²) in [6.45, 7) is 2.91. The van der Waals surface area contributed by atoms with Crippen LogP contribution in [0.3, 0.4) is 0 Å². The Balaban J connectivity index is 2.48. The summed E-state index contributed by atoms with van der Waals surface area (Å²) in [4.78, 5) is -0.247. The Kier molecular flexibility index (Phi) is 3.87. The number of aryl methyl sites for hydroxylation is 1. The number of sulfonamides is 1. The van der Waals surface area contributed by atoms with Gasteiger partial charge in [0.1, 0.15) is 11.6 Å². The van der Waals surface area contributed by atoms with Gasteiger partial charge in [-0.05, 0) is 49.7 Å². The van der Waals surface area contributed by atoms with Crippen LogP contribution in [0.1, 0.15) is 11.1 Å². The summed E-state index contributed by atoms with van der Waals surface area (Å²) in [6, 6.07) is 5.87. The molecule has 0 fully saturated rings. The van der Waals surface area contributed by atoms with Gasteiger partial charge >= 0.3 is 0 Å². The van der Waals surface area contributed by atoms with Gasteiger partial charge < -0.3 is 5.73 Å². The second-order valence-corrected chi connectivity index (χ2v) is 6.34. The number of hydrogen-bond acceptors (Lipinski definition) is 3. The van der Waals surface area contributed by atoms with Gasteiger partial charge in [-0.15, -0.1) is 0 Å². The van der Waals surface area contributed by atoms with Crippen LogP contribution in [0.4, 0.5) is 20.2 Å². The van der Waals surface area contributed by atoms with Crippen molar-refractivity contribution in [3.8, 4) is 0 Å². The van der Waals surface area contributed by atoms with Gasteiger partial charge in [0.25, 0.3) is 10.0 Å². The summed E-state index contributed by atoms with van der Waals surface area (Å²) < 4.78 is 53.6. The van der Waals surface area contributed by atoms with Gasteiger partial charge in [-0.25, -0.2) is 17.2 Å². The lowest BCUT2D eigenvalue weighted by Crippen LogP contribution is -2.16. The lowest BCUT2D eigenvalue weighted by Gasteiger charge is -2.13. The van der Waals surface area contributed by atoms with E-state index in [9.17, 15) is 17.2 Å². The lowest BCUT2D eigenvalue weighted by atomic mass is 10.2. The smallest absolute Gasteiger partial charge is 0.262 e. The topological polar surface area (TPSA) is 72.2 Å². The molecule has 2 rings (SSSR count). The minimum absolute atomic E-state index is 0.00861. The molecule has 21 heavy (non-hydrogen) atoms. The van der Waals surface area contributed by atoms with Crippen LogP contribution in [-0.2, 0) is 10.0 Å². The van der Waals surface area contributed by atoms with Crippen LogP contribution in [0, 0.1) is 25.5 Å².